The third-order valence-corrected chi connectivity index (χ3v) is 5.36. The third kappa shape index (κ3) is 11.5. The Bertz CT molecular complexity index is 880. The number of nitrogens with one attached hydrogen (secondary N) is 3. The van der Waals surface area contributed by atoms with Gasteiger partial charge in [0.15, 0.2) is 0 Å². The molecule has 0 fully saturated rings. The standard InChI is InChI=1S/C26H38N4O5/c1-5-10-24(34)30(18-31)16-9-7-8-11-22(32)29-25(19(3)4)26(35)27-17-23(33)28-21-14-12-20(6-2)13-15-21/h5,10,12-15,18-19,25H,6-9,11,16-17H2,1-4H3,(H,27,35)(H,28,33)(H,29,32)/b10-5-. The van der Waals surface area contributed by atoms with Crippen LogP contribution in [-0.2, 0) is 30.4 Å². The molecule has 0 spiro atoms. The number of hydrogen-bond donors (Lipinski definition) is 3. The Morgan fingerprint density at radius 3 is 2.26 bits per heavy atom. The maximum absolute atomic E-state index is 12.6. The van der Waals surface area contributed by atoms with E-state index in [2.05, 4.69) is 16.0 Å². The number of nitrogens with zero attached hydrogens (tertiary/aromatic N) is 1. The molecule has 0 aliphatic carbocycles. The summed E-state index contributed by atoms with van der Waals surface area (Å²) < 4.78 is 0. The van der Waals surface area contributed by atoms with E-state index in [0.717, 1.165) is 16.9 Å². The Morgan fingerprint density at radius 1 is 1.00 bits per heavy atom. The van der Waals surface area contributed by atoms with E-state index in [1.165, 1.54) is 6.08 Å². The summed E-state index contributed by atoms with van der Waals surface area (Å²) in [5.74, 6) is -1.57. The van der Waals surface area contributed by atoms with Crippen molar-refractivity contribution in [2.24, 2.45) is 5.92 Å². The molecule has 0 aliphatic heterocycles. The molecule has 3 N–H and O–H groups in total. The molecule has 0 aliphatic rings. The van der Waals surface area contributed by atoms with Crippen molar-refractivity contribution in [2.75, 3.05) is 18.4 Å². The molecule has 35 heavy (non-hydrogen) atoms. The molecule has 1 rings (SSSR count). The van der Waals surface area contributed by atoms with Crippen molar-refractivity contribution in [2.45, 2.75) is 65.8 Å². The molecule has 1 unspecified atom stereocenters. The second kappa shape index (κ2) is 16.2. The van der Waals surface area contributed by atoms with Gasteiger partial charge in [0.05, 0.1) is 6.54 Å². The summed E-state index contributed by atoms with van der Waals surface area (Å²) >= 11 is 0. The highest BCUT2D eigenvalue weighted by atomic mass is 16.2. The van der Waals surface area contributed by atoms with Gasteiger partial charge in [-0.3, -0.25) is 28.9 Å². The largest absolute Gasteiger partial charge is 0.345 e. The Balaban J connectivity index is 2.40. The SMILES string of the molecule is C/C=C\C(=O)N(C=O)CCCCCC(=O)NC(C(=O)NCC(=O)Nc1ccc(CC)cc1)C(C)C. The molecule has 9 heteroatoms. The van der Waals surface area contributed by atoms with Gasteiger partial charge in [0, 0.05) is 18.7 Å². The van der Waals surface area contributed by atoms with E-state index in [4.69, 9.17) is 0 Å². The Hall–Kier alpha value is -3.49. The number of allylic oxidation sites excluding steroid dienone is 1. The molecular weight excluding hydrogens is 448 g/mol. The van der Waals surface area contributed by atoms with Crippen LogP contribution in [0.4, 0.5) is 5.69 Å². The van der Waals surface area contributed by atoms with Gasteiger partial charge in [-0.25, -0.2) is 0 Å². The maximum atomic E-state index is 12.6. The van der Waals surface area contributed by atoms with Crippen molar-refractivity contribution >= 4 is 35.7 Å². The molecule has 0 radical (unpaired) electrons. The second-order valence-corrected chi connectivity index (χ2v) is 8.55. The fourth-order valence-corrected chi connectivity index (χ4v) is 3.28. The zero-order chi connectivity index (χ0) is 26.2. The number of unbranched alkanes of at least 4 members (excludes halogenated alkanes) is 2. The fraction of sp³-hybridized carbons (Fsp3) is 0.500. The highest BCUT2D eigenvalue weighted by molar-refractivity contribution is 5.96. The van der Waals surface area contributed by atoms with Crippen LogP contribution in [0.5, 0.6) is 0 Å². The Morgan fingerprint density at radius 2 is 1.69 bits per heavy atom. The quantitative estimate of drug-likeness (QED) is 0.200. The summed E-state index contributed by atoms with van der Waals surface area (Å²) in [7, 11) is 0. The number of carbonyl (C=O) groups is 5. The predicted molar refractivity (Wildman–Crippen MR) is 135 cm³/mol. The van der Waals surface area contributed by atoms with E-state index >= 15 is 0 Å². The van der Waals surface area contributed by atoms with Crippen molar-refractivity contribution in [3.05, 3.63) is 42.0 Å². The highest BCUT2D eigenvalue weighted by Crippen LogP contribution is 2.10. The molecule has 0 bridgehead atoms. The van der Waals surface area contributed by atoms with Crippen LogP contribution >= 0.6 is 0 Å². The average Bonchev–Trinajstić information content (AvgIpc) is 2.83. The number of imide groups is 1. The first-order valence-corrected chi connectivity index (χ1v) is 12.1. The van der Waals surface area contributed by atoms with E-state index < -0.39 is 11.9 Å². The van der Waals surface area contributed by atoms with Crippen LogP contribution in [0.2, 0.25) is 0 Å². The van der Waals surface area contributed by atoms with E-state index in [1.54, 1.807) is 13.0 Å². The molecule has 1 atom stereocenters. The second-order valence-electron chi connectivity index (χ2n) is 8.55. The number of aryl methyl sites for hydroxylation is 1. The van der Waals surface area contributed by atoms with Gasteiger partial charge in [0.25, 0.3) is 5.91 Å². The van der Waals surface area contributed by atoms with E-state index in [0.29, 0.717) is 31.4 Å². The minimum Gasteiger partial charge on any atom is -0.345 e. The number of anilines is 1. The van der Waals surface area contributed by atoms with Gasteiger partial charge in [-0.05, 0) is 55.9 Å². The van der Waals surface area contributed by atoms with Crippen LogP contribution < -0.4 is 16.0 Å². The molecular formula is C26H38N4O5. The minimum absolute atomic E-state index is 0.164. The summed E-state index contributed by atoms with van der Waals surface area (Å²) in [5.41, 5.74) is 1.81. The first-order valence-electron chi connectivity index (χ1n) is 12.1. The van der Waals surface area contributed by atoms with Gasteiger partial charge in [-0.1, -0.05) is 45.4 Å². The predicted octanol–water partition coefficient (Wildman–Crippen LogP) is 2.57. The lowest BCUT2D eigenvalue weighted by molar-refractivity contribution is -0.134. The van der Waals surface area contributed by atoms with Crippen molar-refractivity contribution in [1.29, 1.82) is 0 Å². The Kier molecular flexibility index (Phi) is 13.7. The normalized spacial score (nSPS) is 11.7. The van der Waals surface area contributed by atoms with Crippen molar-refractivity contribution in [3.8, 4) is 0 Å². The zero-order valence-electron chi connectivity index (χ0n) is 21.1. The molecule has 5 amide bonds. The van der Waals surface area contributed by atoms with Gasteiger partial charge in [0.1, 0.15) is 6.04 Å². The molecule has 1 aromatic carbocycles. The van der Waals surface area contributed by atoms with Gasteiger partial charge in [-0.15, -0.1) is 0 Å². The first-order chi connectivity index (χ1) is 16.7. The smallest absolute Gasteiger partial charge is 0.252 e. The van der Waals surface area contributed by atoms with Gasteiger partial charge >= 0.3 is 0 Å². The van der Waals surface area contributed by atoms with Crippen LogP contribution in [0.25, 0.3) is 0 Å². The molecule has 0 saturated carbocycles. The van der Waals surface area contributed by atoms with E-state index in [-0.39, 0.29) is 43.1 Å². The minimum atomic E-state index is -0.761. The summed E-state index contributed by atoms with van der Waals surface area (Å²) in [6.45, 7) is 7.46. The molecule has 192 valence electrons. The van der Waals surface area contributed by atoms with Gasteiger partial charge < -0.3 is 16.0 Å². The number of carbonyl (C=O) groups excluding carboxylic acids is 5. The first kappa shape index (κ1) is 29.5. The zero-order valence-corrected chi connectivity index (χ0v) is 21.1. The molecule has 0 aromatic heterocycles. The van der Waals surface area contributed by atoms with Gasteiger partial charge in [-0.2, -0.15) is 0 Å². The van der Waals surface area contributed by atoms with Crippen molar-refractivity contribution in [1.82, 2.24) is 15.5 Å². The molecule has 1 aromatic rings. The van der Waals surface area contributed by atoms with Crippen LogP contribution in [0, 0.1) is 5.92 Å². The van der Waals surface area contributed by atoms with Crippen LogP contribution in [0.1, 0.15) is 58.9 Å². The van der Waals surface area contributed by atoms with Crippen LogP contribution in [0.15, 0.2) is 36.4 Å². The highest BCUT2D eigenvalue weighted by Gasteiger charge is 2.24. The number of hydrogen-bond acceptors (Lipinski definition) is 5. The summed E-state index contributed by atoms with van der Waals surface area (Å²) in [6, 6.07) is 6.72. The number of benzene rings is 1. The van der Waals surface area contributed by atoms with Crippen molar-refractivity contribution < 1.29 is 24.0 Å². The number of rotatable bonds is 15. The molecule has 9 nitrogen and oxygen atoms in total. The summed E-state index contributed by atoms with van der Waals surface area (Å²) in [6.07, 6.45) is 6.32. The monoisotopic (exact) mass is 486 g/mol. The maximum Gasteiger partial charge on any atom is 0.252 e. The van der Waals surface area contributed by atoms with Gasteiger partial charge in [0.2, 0.25) is 24.1 Å². The molecule has 0 saturated heterocycles. The Labute approximate surface area is 207 Å². The average molecular weight is 487 g/mol. The van der Waals surface area contributed by atoms with Crippen LogP contribution in [-0.4, -0.2) is 54.1 Å². The van der Waals surface area contributed by atoms with Crippen LogP contribution in [0.3, 0.4) is 0 Å². The molecule has 0 heterocycles. The topological polar surface area (TPSA) is 125 Å². The van der Waals surface area contributed by atoms with E-state index in [9.17, 15) is 24.0 Å². The third-order valence-electron chi connectivity index (χ3n) is 5.36. The van der Waals surface area contributed by atoms with Crippen molar-refractivity contribution in [3.63, 3.8) is 0 Å². The lowest BCUT2D eigenvalue weighted by atomic mass is 10.0. The van der Waals surface area contributed by atoms with E-state index in [1.807, 2.05) is 45.0 Å². The lowest BCUT2D eigenvalue weighted by Crippen LogP contribution is -2.51. The summed E-state index contributed by atoms with van der Waals surface area (Å²) in [5, 5.41) is 8.05. The lowest BCUT2D eigenvalue weighted by Gasteiger charge is -2.21. The fourth-order valence-electron chi connectivity index (χ4n) is 3.28. The number of amides is 5. The summed E-state index contributed by atoms with van der Waals surface area (Å²) in [4.78, 5) is 60.9.